The number of nitro groups is 1. The lowest BCUT2D eigenvalue weighted by Gasteiger charge is -2.16. The molecule has 3 aromatic rings. The summed E-state index contributed by atoms with van der Waals surface area (Å²) >= 11 is 0. The second-order valence-electron chi connectivity index (χ2n) is 6.89. The highest BCUT2D eigenvalue weighted by Gasteiger charge is 2.24. The van der Waals surface area contributed by atoms with E-state index in [1.165, 1.54) is 48.7 Å². The Hall–Kier alpha value is -4.73. The normalized spacial score (nSPS) is 11.9. The molecular weight excluding hydrogens is 430 g/mol. The average molecular weight is 449 g/mol. The first-order valence-electron chi connectivity index (χ1n) is 9.72. The number of non-ortho nitro benzene ring substituents is 1. The van der Waals surface area contributed by atoms with Gasteiger partial charge in [-0.15, -0.1) is 0 Å². The number of hydrogen-bond acceptors (Lipinski definition) is 6. The van der Waals surface area contributed by atoms with Crippen molar-refractivity contribution in [3.05, 3.63) is 106 Å². The number of carbonyl (C=O) groups is 3. The first-order valence-corrected chi connectivity index (χ1v) is 9.72. The molecule has 0 radical (unpaired) electrons. The maximum Gasteiger partial charge on any atom is 0.326 e. The molecule has 0 bridgehead atoms. The van der Waals surface area contributed by atoms with E-state index in [2.05, 4.69) is 10.6 Å². The summed E-state index contributed by atoms with van der Waals surface area (Å²) in [7, 11) is 0. The molecule has 1 aromatic heterocycles. The van der Waals surface area contributed by atoms with E-state index in [1.807, 2.05) is 0 Å². The molecule has 0 aliphatic heterocycles. The number of benzene rings is 2. The van der Waals surface area contributed by atoms with E-state index in [0.29, 0.717) is 11.1 Å². The van der Waals surface area contributed by atoms with Crippen LogP contribution in [0.2, 0.25) is 0 Å². The Morgan fingerprint density at radius 3 is 2.30 bits per heavy atom. The molecule has 10 heteroatoms. The van der Waals surface area contributed by atoms with Crippen molar-refractivity contribution in [2.75, 3.05) is 0 Å². The molecule has 2 amide bonds. The van der Waals surface area contributed by atoms with Gasteiger partial charge in [0.05, 0.1) is 11.2 Å². The van der Waals surface area contributed by atoms with Crippen LogP contribution in [0.25, 0.3) is 6.08 Å². The summed E-state index contributed by atoms with van der Waals surface area (Å²) in [6.45, 7) is 0. The van der Waals surface area contributed by atoms with Crippen LogP contribution in [0.4, 0.5) is 5.69 Å². The Bertz CT molecular complexity index is 1170. The number of aliphatic carboxylic acids is 1. The molecule has 10 nitrogen and oxygen atoms in total. The maximum atomic E-state index is 12.9. The third kappa shape index (κ3) is 6.37. The number of hydrogen-bond donors (Lipinski definition) is 3. The highest BCUT2D eigenvalue weighted by atomic mass is 16.6. The van der Waals surface area contributed by atoms with Crippen LogP contribution in [-0.4, -0.2) is 33.9 Å². The third-order valence-corrected chi connectivity index (χ3v) is 4.54. The quantitative estimate of drug-likeness (QED) is 0.258. The van der Waals surface area contributed by atoms with Crippen LogP contribution >= 0.6 is 0 Å². The topological polar surface area (TPSA) is 152 Å². The van der Waals surface area contributed by atoms with Crippen LogP contribution in [0.3, 0.4) is 0 Å². The molecule has 0 spiro atoms. The molecule has 1 atom stereocenters. The molecule has 0 aliphatic carbocycles. The fraction of sp³-hybridized carbons (Fsp3) is 0.0870. The summed E-state index contributed by atoms with van der Waals surface area (Å²) in [6, 6.07) is 15.6. The zero-order valence-electron chi connectivity index (χ0n) is 17.1. The van der Waals surface area contributed by atoms with Gasteiger partial charge in [0, 0.05) is 18.6 Å². The van der Waals surface area contributed by atoms with Gasteiger partial charge in [-0.1, -0.05) is 30.3 Å². The average Bonchev–Trinajstić information content (AvgIpc) is 3.34. The lowest BCUT2D eigenvalue weighted by atomic mass is 10.1. The van der Waals surface area contributed by atoms with Gasteiger partial charge in [0.15, 0.2) is 5.76 Å². The van der Waals surface area contributed by atoms with Crippen LogP contribution in [0.5, 0.6) is 0 Å². The van der Waals surface area contributed by atoms with E-state index in [9.17, 15) is 29.6 Å². The fourth-order valence-corrected chi connectivity index (χ4v) is 2.89. The van der Waals surface area contributed by atoms with Crippen molar-refractivity contribution in [3.63, 3.8) is 0 Å². The van der Waals surface area contributed by atoms with E-state index in [1.54, 1.807) is 30.3 Å². The van der Waals surface area contributed by atoms with E-state index in [0.717, 1.165) is 0 Å². The van der Waals surface area contributed by atoms with Crippen LogP contribution in [0.1, 0.15) is 21.7 Å². The van der Waals surface area contributed by atoms with E-state index in [-0.39, 0.29) is 23.6 Å². The minimum atomic E-state index is -1.26. The highest BCUT2D eigenvalue weighted by molar-refractivity contribution is 6.05. The smallest absolute Gasteiger partial charge is 0.326 e. The van der Waals surface area contributed by atoms with Gasteiger partial charge in [-0.05, 0) is 41.5 Å². The Kier molecular flexibility index (Phi) is 7.32. The van der Waals surface area contributed by atoms with Crippen molar-refractivity contribution >= 4 is 29.5 Å². The van der Waals surface area contributed by atoms with Crippen molar-refractivity contribution in [1.29, 1.82) is 0 Å². The summed E-state index contributed by atoms with van der Waals surface area (Å²) in [6.07, 6.45) is 2.59. The second kappa shape index (κ2) is 10.5. The number of amides is 2. The molecule has 33 heavy (non-hydrogen) atoms. The zero-order chi connectivity index (χ0) is 23.8. The maximum absolute atomic E-state index is 12.9. The van der Waals surface area contributed by atoms with Crippen LogP contribution in [0, 0.1) is 10.1 Å². The molecule has 0 saturated heterocycles. The van der Waals surface area contributed by atoms with Crippen molar-refractivity contribution in [3.8, 4) is 0 Å². The molecule has 0 unspecified atom stereocenters. The SMILES string of the molecule is O=C(N[C@@H](Cc1ccccc1)C(=O)O)/C(=C/c1ccc([N+](=O)[O-])cc1)NC(=O)c1ccco1. The van der Waals surface area contributed by atoms with Gasteiger partial charge in [0.1, 0.15) is 11.7 Å². The van der Waals surface area contributed by atoms with Gasteiger partial charge < -0.3 is 20.2 Å². The number of nitrogens with one attached hydrogen (secondary N) is 2. The Morgan fingerprint density at radius 2 is 1.73 bits per heavy atom. The summed E-state index contributed by atoms with van der Waals surface area (Å²) in [4.78, 5) is 47.4. The van der Waals surface area contributed by atoms with Gasteiger partial charge in [-0.3, -0.25) is 19.7 Å². The predicted molar refractivity (Wildman–Crippen MR) is 117 cm³/mol. The third-order valence-electron chi connectivity index (χ3n) is 4.54. The lowest BCUT2D eigenvalue weighted by Crippen LogP contribution is -2.45. The molecule has 3 N–H and O–H groups in total. The van der Waals surface area contributed by atoms with Crippen LogP contribution < -0.4 is 10.6 Å². The van der Waals surface area contributed by atoms with E-state index < -0.39 is 28.7 Å². The summed E-state index contributed by atoms with van der Waals surface area (Å²) < 4.78 is 5.03. The van der Waals surface area contributed by atoms with Crippen molar-refractivity contribution < 1.29 is 28.8 Å². The summed E-state index contributed by atoms with van der Waals surface area (Å²) in [5.74, 6) is -2.88. The molecule has 1 heterocycles. The highest BCUT2D eigenvalue weighted by Crippen LogP contribution is 2.15. The molecule has 2 aromatic carbocycles. The molecular formula is C23H19N3O7. The first-order chi connectivity index (χ1) is 15.8. The number of nitro benzene ring substituents is 1. The number of carboxylic acid groups (broad SMARTS) is 1. The minimum absolute atomic E-state index is 0.0266. The van der Waals surface area contributed by atoms with Gasteiger partial charge in [0.2, 0.25) is 0 Å². The number of furan rings is 1. The van der Waals surface area contributed by atoms with Gasteiger partial charge in [-0.25, -0.2) is 4.79 Å². The van der Waals surface area contributed by atoms with Gasteiger partial charge in [0.25, 0.3) is 17.5 Å². The van der Waals surface area contributed by atoms with Crippen LogP contribution in [-0.2, 0) is 16.0 Å². The largest absolute Gasteiger partial charge is 0.480 e. The van der Waals surface area contributed by atoms with Crippen molar-refractivity contribution in [2.45, 2.75) is 12.5 Å². The Morgan fingerprint density at radius 1 is 1.03 bits per heavy atom. The molecule has 0 saturated carbocycles. The van der Waals surface area contributed by atoms with Crippen molar-refractivity contribution in [2.24, 2.45) is 0 Å². The number of carboxylic acids is 1. The molecule has 0 fully saturated rings. The number of rotatable bonds is 9. The van der Waals surface area contributed by atoms with E-state index >= 15 is 0 Å². The molecule has 0 aliphatic rings. The number of carbonyl (C=O) groups excluding carboxylic acids is 2. The Labute approximate surface area is 187 Å². The predicted octanol–water partition coefficient (Wildman–Crippen LogP) is 2.77. The molecule has 168 valence electrons. The Balaban J connectivity index is 1.86. The van der Waals surface area contributed by atoms with Crippen molar-refractivity contribution in [1.82, 2.24) is 10.6 Å². The minimum Gasteiger partial charge on any atom is -0.480 e. The monoisotopic (exact) mass is 449 g/mol. The zero-order valence-corrected chi connectivity index (χ0v) is 17.1. The van der Waals surface area contributed by atoms with E-state index in [4.69, 9.17) is 4.42 Å². The summed E-state index contributed by atoms with van der Waals surface area (Å²) in [5, 5.41) is 25.2. The summed E-state index contributed by atoms with van der Waals surface area (Å²) in [5.41, 5.74) is 0.669. The first kappa shape index (κ1) is 22.9. The van der Waals surface area contributed by atoms with Crippen LogP contribution in [0.15, 0.2) is 83.1 Å². The molecule has 3 rings (SSSR count). The number of nitrogens with zero attached hydrogens (tertiary/aromatic N) is 1. The van der Waals surface area contributed by atoms with Gasteiger partial charge in [-0.2, -0.15) is 0 Å². The lowest BCUT2D eigenvalue weighted by molar-refractivity contribution is -0.384. The standard InChI is InChI=1S/C23H19N3O7/c27-21(25-19(23(29)30)14-15-5-2-1-3-6-15)18(24-22(28)20-7-4-12-33-20)13-16-8-10-17(11-9-16)26(31)32/h1-13,19H,14H2,(H,24,28)(H,25,27)(H,29,30)/b18-13-/t19-/m0/s1. The second-order valence-corrected chi connectivity index (χ2v) is 6.89. The van der Waals surface area contributed by atoms with Gasteiger partial charge >= 0.3 is 5.97 Å². The fourth-order valence-electron chi connectivity index (χ4n) is 2.89.